The molecule has 2 aromatic carbocycles. The van der Waals surface area contributed by atoms with Crippen LogP contribution >= 0.6 is 23.2 Å². The van der Waals surface area contributed by atoms with Gasteiger partial charge in [0.15, 0.2) is 0 Å². The number of methoxy groups -OCH3 is 1. The van der Waals surface area contributed by atoms with Gasteiger partial charge in [-0.25, -0.2) is 0 Å². The maximum Gasteiger partial charge on any atom is 0.122 e. The fourth-order valence-corrected chi connectivity index (χ4v) is 2.56. The van der Waals surface area contributed by atoms with Gasteiger partial charge in [-0.3, -0.25) is 0 Å². The Morgan fingerprint density at radius 2 is 1.75 bits per heavy atom. The molecule has 20 heavy (non-hydrogen) atoms. The highest BCUT2D eigenvalue weighted by Gasteiger charge is 2.12. The van der Waals surface area contributed by atoms with E-state index in [1.54, 1.807) is 19.2 Å². The molecular weight excluding hydrogens is 295 g/mol. The van der Waals surface area contributed by atoms with Crippen molar-refractivity contribution in [2.24, 2.45) is 0 Å². The summed E-state index contributed by atoms with van der Waals surface area (Å²) in [6.07, 6.45) is 0.423. The van der Waals surface area contributed by atoms with E-state index in [-0.39, 0.29) is 0 Å². The second-order valence-electron chi connectivity index (χ2n) is 4.61. The van der Waals surface area contributed by atoms with Crippen molar-refractivity contribution in [2.75, 3.05) is 7.11 Å². The number of ether oxygens (including phenoxy) is 1. The molecule has 2 nitrogen and oxygen atoms in total. The first-order chi connectivity index (χ1) is 9.60. The van der Waals surface area contributed by atoms with Gasteiger partial charge in [0.05, 0.1) is 13.2 Å². The fraction of sp³-hybridized carbons (Fsp3) is 0.250. The summed E-state index contributed by atoms with van der Waals surface area (Å²) in [5.41, 5.74) is 1.82. The Labute approximate surface area is 128 Å². The van der Waals surface area contributed by atoms with Crippen LogP contribution in [0.25, 0.3) is 0 Å². The van der Waals surface area contributed by atoms with Gasteiger partial charge in [-0.1, -0.05) is 41.4 Å². The lowest BCUT2D eigenvalue weighted by molar-refractivity contribution is 0.174. The van der Waals surface area contributed by atoms with Crippen LogP contribution < -0.4 is 4.74 Å². The second-order valence-corrected chi connectivity index (χ2v) is 5.45. The minimum absolute atomic E-state index is 0.467. The van der Waals surface area contributed by atoms with Crippen molar-refractivity contribution in [3.05, 3.63) is 63.6 Å². The van der Waals surface area contributed by atoms with Gasteiger partial charge in [0.25, 0.3) is 0 Å². The molecule has 1 atom stereocenters. The van der Waals surface area contributed by atoms with E-state index in [0.717, 1.165) is 16.9 Å². The number of rotatable bonds is 5. The Balaban J connectivity index is 2.10. The minimum atomic E-state index is -0.540. The average molecular weight is 311 g/mol. The molecule has 0 saturated heterocycles. The van der Waals surface area contributed by atoms with Crippen LogP contribution in [0.2, 0.25) is 10.0 Å². The van der Waals surface area contributed by atoms with Crippen molar-refractivity contribution in [1.29, 1.82) is 0 Å². The highest BCUT2D eigenvalue weighted by Crippen LogP contribution is 2.25. The summed E-state index contributed by atoms with van der Waals surface area (Å²) in [4.78, 5) is 0. The van der Waals surface area contributed by atoms with Gasteiger partial charge in [-0.2, -0.15) is 0 Å². The lowest BCUT2D eigenvalue weighted by atomic mass is 10.0. The van der Waals surface area contributed by atoms with Crippen molar-refractivity contribution >= 4 is 23.2 Å². The van der Waals surface area contributed by atoms with Gasteiger partial charge in [0, 0.05) is 22.9 Å². The molecule has 0 aromatic heterocycles. The van der Waals surface area contributed by atoms with Crippen molar-refractivity contribution in [1.82, 2.24) is 0 Å². The van der Waals surface area contributed by atoms with E-state index >= 15 is 0 Å². The van der Waals surface area contributed by atoms with Gasteiger partial charge < -0.3 is 9.84 Å². The molecule has 1 unspecified atom stereocenters. The van der Waals surface area contributed by atoms with Gasteiger partial charge in [0.1, 0.15) is 5.75 Å². The van der Waals surface area contributed by atoms with E-state index in [1.165, 1.54) is 0 Å². The predicted octanol–water partition coefficient (Wildman–Crippen LogP) is 4.15. The molecule has 4 heteroatoms. The zero-order valence-electron chi connectivity index (χ0n) is 11.1. The first kappa shape index (κ1) is 15.2. The van der Waals surface area contributed by atoms with E-state index in [2.05, 4.69) is 0 Å². The van der Waals surface area contributed by atoms with E-state index in [0.29, 0.717) is 22.9 Å². The van der Waals surface area contributed by atoms with Crippen molar-refractivity contribution < 1.29 is 9.84 Å². The highest BCUT2D eigenvalue weighted by atomic mass is 35.5. The highest BCUT2D eigenvalue weighted by molar-refractivity contribution is 6.31. The molecule has 0 aliphatic heterocycles. The third-order valence-electron chi connectivity index (χ3n) is 3.11. The molecule has 0 aliphatic carbocycles. The molecule has 0 amide bonds. The monoisotopic (exact) mass is 310 g/mol. The summed E-state index contributed by atoms with van der Waals surface area (Å²) in [6, 6.07) is 12.9. The van der Waals surface area contributed by atoms with Gasteiger partial charge in [-0.05, 0) is 35.4 Å². The molecule has 1 N–H and O–H groups in total. The Morgan fingerprint density at radius 3 is 2.45 bits per heavy atom. The van der Waals surface area contributed by atoms with Crippen LogP contribution in [0, 0.1) is 0 Å². The first-order valence-corrected chi connectivity index (χ1v) is 7.09. The predicted molar refractivity (Wildman–Crippen MR) is 82.9 cm³/mol. The van der Waals surface area contributed by atoms with E-state index in [9.17, 15) is 5.11 Å². The normalized spacial score (nSPS) is 12.2. The lowest BCUT2D eigenvalue weighted by Crippen LogP contribution is -2.14. The number of halogens is 2. The van der Waals surface area contributed by atoms with Crippen LogP contribution in [0.15, 0.2) is 42.5 Å². The summed E-state index contributed by atoms with van der Waals surface area (Å²) in [6.45, 7) is 0. The van der Waals surface area contributed by atoms with Crippen LogP contribution in [0.5, 0.6) is 5.75 Å². The molecule has 0 radical (unpaired) electrons. The van der Waals surface area contributed by atoms with Crippen LogP contribution in [-0.4, -0.2) is 18.3 Å². The molecule has 0 bridgehead atoms. The quantitative estimate of drug-likeness (QED) is 0.899. The third-order valence-corrected chi connectivity index (χ3v) is 3.72. The Morgan fingerprint density at radius 1 is 1.05 bits per heavy atom. The number of aliphatic hydroxyl groups excluding tert-OH is 1. The maximum atomic E-state index is 10.2. The topological polar surface area (TPSA) is 29.5 Å². The zero-order chi connectivity index (χ0) is 14.5. The Bertz CT molecular complexity index is 584. The number of hydrogen-bond acceptors (Lipinski definition) is 2. The average Bonchev–Trinajstić information content (AvgIpc) is 2.41. The number of hydrogen-bond donors (Lipinski definition) is 1. The summed E-state index contributed by atoms with van der Waals surface area (Å²) < 4.78 is 5.28. The SMILES string of the molecule is COc1ccc(Cl)cc1CC(O)Cc1ccccc1Cl. The molecule has 0 fully saturated rings. The molecule has 2 aromatic rings. The van der Waals surface area contributed by atoms with Crippen molar-refractivity contribution in [3.8, 4) is 5.75 Å². The van der Waals surface area contributed by atoms with Crippen molar-refractivity contribution in [2.45, 2.75) is 18.9 Å². The van der Waals surface area contributed by atoms with Gasteiger partial charge in [0.2, 0.25) is 0 Å². The minimum Gasteiger partial charge on any atom is -0.496 e. The second kappa shape index (κ2) is 6.98. The molecule has 0 saturated carbocycles. The maximum absolute atomic E-state index is 10.2. The standard InChI is InChI=1S/C16H16Cl2O2/c1-20-16-7-6-13(17)8-12(16)10-14(19)9-11-4-2-3-5-15(11)18/h2-8,14,19H,9-10H2,1H3. The summed E-state index contributed by atoms with van der Waals surface area (Å²) in [7, 11) is 1.60. The summed E-state index contributed by atoms with van der Waals surface area (Å²) in [5.74, 6) is 0.729. The summed E-state index contributed by atoms with van der Waals surface area (Å²) >= 11 is 12.1. The van der Waals surface area contributed by atoms with Crippen LogP contribution in [0.1, 0.15) is 11.1 Å². The van der Waals surface area contributed by atoms with E-state index in [1.807, 2.05) is 30.3 Å². The molecule has 0 aliphatic rings. The number of benzene rings is 2. The molecule has 0 spiro atoms. The van der Waals surface area contributed by atoms with Crippen LogP contribution in [0.3, 0.4) is 0 Å². The molecular formula is C16H16Cl2O2. The van der Waals surface area contributed by atoms with Crippen molar-refractivity contribution in [3.63, 3.8) is 0 Å². The molecule has 2 rings (SSSR count). The third kappa shape index (κ3) is 3.89. The smallest absolute Gasteiger partial charge is 0.122 e. The Kier molecular flexibility index (Phi) is 5.30. The van der Waals surface area contributed by atoms with Crippen LogP contribution in [-0.2, 0) is 12.8 Å². The molecule has 0 heterocycles. The number of aliphatic hydroxyl groups is 1. The van der Waals surface area contributed by atoms with E-state index < -0.39 is 6.10 Å². The fourth-order valence-electron chi connectivity index (χ4n) is 2.15. The van der Waals surface area contributed by atoms with Crippen LogP contribution in [0.4, 0.5) is 0 Å². The largest absolute Gasteiger partial charge is 0.496 e. The zero-order valence-corrected chi connectivity index (χ0v) is 12.7. The lowest BCUT2D eigenvalue weighted by Gasteiger charge is -2.14. The van der Waals surface area contributed by atoms with Gasteiger partial charge in [-0.15, -0.1) is 0 Å². The molecule has 106 valence electrons. The summed E-state index contributed by atoms with van der Waals surface area (Å²) in [5, 5.41) is 11.5. The van der Waals surface area contributed by atoms with Gasteiger partial charge >= 0.3 is 0 Å². The van der Waals surface area contributed by atoms with E-state index in [4.69, 9.17) is 27.9 Å². The Hall–Kier alpha value is -1.22. The first-order valence-electron chi connectivity index (χ1n) is 6.34.